The highest BCUT2D eigenvalue weighted by Crippen LogP contribution is 2.16. The minimum Gasteiger partial charge on any atom is -0.497 e. The van der Waals surface area contributed by atoms with Crippen LogP contribution < -0.4 is 9.30 Å². The van der Waals surface area contributed by atoms with Gasteiger partial charge in [-0.3, -0.25) is 0 Å². The Balaban J connectivity index is 1.73. The van der Waals surface area contributed by atoms with Gasteiger partial charge in [0.05, 0.1) is 13.5 Å². The number of rotatable bonds is 5. The van der Waals surface area contributed by atoms with Gasteiger partial charge in [-0.2, -0.15) is 0 Å². The fraction of sp³-hybridized carbons (Fsp3) is 0.174. The first kappa shape index (κ1) is 16.4. The number of hydrogen-bond acceptors (Lipinski definition) is 1. The number of methoxy groups -OCH3 is 1. The molecule has 1 aromatic heterocycles. The zero-order valence-corrected chi connectivity index (χ0v) is 15.2. The summed E-state index contributed by atoms with van der Waals surface area (Å²) in [4.78, 5) is 3.61. The molecule has 0 aliphatic heterocycles. The second-order valence-corrected chi connectivity index (χ2v) is 6.69. The van der Waals surface area contributed by atoms with Crippen LogP contribution in [-0.2, 0) is 13.0 Å². The minimum absolute atomic E-state index is 0.852. The summed E-state index contributed by atoms with van der Waals surface area (Å²) in [7, 11) is 1.70. The molecule has 3 nitrogen and oxygen atoms in total. The number of aromatic amines is 1. The second-order valence-electron chi connectivity index (χ2n) is 6.69. The van der Waals surface area contributed by atoms with Gasteiger partial charge in [-0.05, 0) is 42.3 Å². The molecule has 26 heavy (non-hydrogen) atoms. The topological polar surface area (TPSA) is 28.9 Å². The van der Waals surface area contributed by atoms with E-state index in [0.717, 1.165) is 18.7 Å². The van der Waals surface area contributed by atoms with E-state index < -0.39 is 0 Å². The van der Waals surface area contributed by atoms with Crippen molar-refractivity contribution in [3.05, 3.63) is 95.3 Å². The van der Waals surface area contributed by atoms with E-state index in [-0.39, 0.29) is 0 Å². The number of benzene rings is 3. The number of H-pyrrole nitrogens is 1. The fourth-order valence-electron chi connectivity index (χ4n) is 3.43. The summed E-state index contributed by atoms with van der Waals surface area (Å²) in [5.74, 6) is 2.09. The van der Waals surface area contributed by atoms with Crippen LogP contribution in [0.2, 0.25) is 0 Å². The van der Waals surface area contributed by atoms with E-state index in [9.17, 15) is 0 Å². The number of hydrogen-bond donors (Lipinski definition) is 1. The van der Waals surface area contributed by atoms with Crippen molar-refractivity contribution < 1.29 is 9.30 Å². The molecular formula is C23H23N2O+. The lowest BCUT2D eigenvalue weighted by Crippen LogP contribution is -2.37. The number of imidazole rings is 1. The van der Waals surface area contributed by atoms with Gasteiger partial charge in [0.1, 0.15) is 12.3 Å². The maximum absolute atomic E-state index is 5.27. The highest BCUT2D eigenvalue weighted by molar-refractivity contribution is 5.71. The van der Waals surface area contributed by atoms with Crippen LogP contribution in [0.3, 0.4) is 0 Å². The molecule has 4 aromatic rings. The standard InChI is InChI=1S/C23H22N2O/c1-17-6-5-7-19(14-17)16-25-22-9-4-3-8-21(22)24-23(25)15-18-10-12-20(26-2)13-11-18/h3-14H,15-16H2,1-2H3/p+1. The Labute approximate surface area is 153 Å². The third-order valence-corrected chi connectivity index (χ3v) is 4.75. The normalized spacial score (nSPS) is 11.0. The Morgan fingerprint density at radius 3 is 2.46 bits per heavy atom. The van der Waals surface area contributed by atoms with Crippen molar-refractivity contribution in [2.24, 2.45) is 0 Å². The van der Waals surface area contributed by atoms with E-state index in [0.29, 0.717) is 0 Å². The van der Waals surface area contributed by atoms with Gasteiger partial charge in [0, 0.05) is 0 Å². The van der Waals surface area contributed by atoms with Crippen LogP contribution in [0.4, 0.5) is 0 Å². The Kier molecular flexibility index (Phi) is 4.44. The molecule has 0 saturated carbocycles. The van der Waals surface area contributed by atoms with Gasteiger partial charge in [0.15, 0.2) is 11.0 Å². The van der Waals surface area contributed by atoms with E-state index in [4.69, 9.17) is 4.74 Å². The van der Waals surface area contributed by atoms with Crippen molar-refractivity contribution >= 4 is 11.0 Å². The summed E-state index contributed by atoms with van der Waals surface area (Å²) in [5, 5.41) is 0. The molecule has 3 heteroatoms. The average Bonchev–Trinajstić information content (AvgIpc) is 3.00. The van der Waals surface area contributed by atoms with Gasteiger partial charge < -0.3 is 4.74 Å². The number of nitrogens with one attached hydrogen (secondary N) is 1. The SMILES string of the molecule is COc1ccc(Cc2[nH]c3ccccc3[n+]2Cc2cccc(C)c2)cc1. The van der Waals surface area contributed by atoms with Crippen LogP contribution in [0.1, 0.15) is 22.5 Å². The van der Waals surface area contributed by atoms with E-state index in [1.165, 1.54) is 33.5 Å². The first-order valence-electron chi connectivity index (χ1n) is 8.91. The summed E-state index contributed by atoms with van der Waals surface area (Å²) in [5.41, 5.74) is 6.27. The van der Waals surface area contributed by atoms with Gasteiger partial charge in [0.2, 0.25) is 0 Å². The molecule has 1 N–H and O–H groups in total. The number of ether oxygens (including phenoxy) is 1. The number of aromatic nitrogens is 2. The quantitative estimate of drug-likeness (QED) is 0.534. The summed E-state index contributed by atoms with van der Waals surface area (Å²) < 4.78 is 7.65. The molecule has 1 heterocycles. The number of fused-ring (bicyclic) bond motifs is 1. The molecule has 0 spiro atoms. The van der Waals surface area contributed by atoms with Crippen molar-refractivity contribution in [3.8, 4) is 5.75 Å². The number of para-hydroxylation sites is 2. The molecule has 0 fully saturated rings. The van der Waals surface area contributed by atoms with E-state index in [2.05, 4.69) is 77.1 Å². The monoisotopic (exact) mass is 343 g/mol. The van der Waals surface area contributed by atoms with Gasteiger partial charge in [-0.15, -0.1) is 0 Å². The Hall–Kier alpha value is -3.07. The molecule has 0 aliphatic carbocycles. The maximum Gasteiger partial charge on any atom is 0.259 e. The van der Waals surface area contributed by atoms with Gasteiger partial charge >= 0.3 is 0 Å². The van der Waals surface area contributed by atoms with Crippen LogP contribution in [0.15, 0.2) is 72.8 Å². The van der Waals surface area contributed by atoms with Crippen molar-refractivity contribution in [2.75, 3.05) is 7.11 Å². The molecule has 0 radical (unpaired) electrons. The van der Waals surface area contributed by atoms with Crippen LogP contribution in [-0.4, -0.2) is 12.1 Å². The predicted molar refractivity (Wildman–Crippen MR) is 105 cm³/mol. The molecule has 0 saturated heterocycles. The summed E-state index contributed by atoms with van der Waals surface area (Å²) in [6, 6.07) is 25.5. The smallest absolute Gasteiger partial charge is 0.259 e. The number of aryl methyl sites for hydroxylation is 1. The Bertz CT molecular complexity index is 1030. The molecule has 3 aromatic carbocycles. The minimum atomic E-state index is 0.852. The molecule has 0 aliphatic rings. The number of nitrogens with zero attached hydrogens (tertiary/aromatic N) is 1. The maximum atomic E-state index is 5.27. The molecule has 0 bridgehead atoms. The third kappa shape index (κ3) is 3.33. The van der Waals surface area contributed by atoms with Crippen molar-refractivity contribution in [3.63, 3.8) is 0 Å². The average molecular weight is 343 g/mol. The van der Waals surface area contributed by atoms with E-state index >= 15 is 0 Å². The molecule has 0 atom stereocenters. The van der Waals surface area contributed by atoms with Crippen molar-refractivity contribution in [1.29, 1.82) is 0 Å². The van der Waals surface area contributed by atoms with Crippen molar-refractivity contribution in [2.45, 2.75) is 19.9 Å². The van der Waals surface area contributed by atoms with E-state index in [1.807, 2.05) is 12.1 Å². The third-order valence-electron chi connectivity index (χ3n) is 4.75. The lowest BCUT2D eigenvalue weighted by Gasteiger charge is -2.05. The zero-order valence-electron chi connectivity index (χ0n) is 15.2. The van der Waals surface area contributed by atoms with Gasteiger partial charge in [0.25, 0.3) is 5.82 Å². The highest BCUT2D eigenvalue weighted by atomic mass is 16.5. The van der Waals surface area contributed by atoms with Crippen LogP contribution >= 0.6 is 0 Å². The van der Waals surface area contributed by atoms with Crippen LogP contribution in [0, 0.1) is 6.92 Å². The van der Waals surface area contributed by atoms with Crippen molar-refractivity contribution in [1.82, 2.24) is 4.98 Å². The van der Waals surface area contributed by atoms with Crippen LogP contribution in [0.25, 0.3) is 11.0 Å². The molecular weight excluding hydrogens is 320 g/mol. The highest BCUT2D eigenvalue weighted by Gasteiger charge is 2.19. The van der Waals surface area contributed by atoms with Gasteiger partial charge in [-0.1, -0.05) is 54.1 Å². The Morgan fingerprint density at radius 1 is 0.885 bits per heavy atom. The van der Waals surface area contributed by atoms with Gasteiger partial charge in [-0.25, -0.2) is 9.55 Å². The molecule has 0 amide bonds. The molecule has 130 valence electrons. The zero-order chi connectivity index (χ0) is 17.9. The predicted octanol–water partition coefficient (Wildman–Crippen LogP) is 4.41. The Morgan fingerprint density at radius 2 is 1.69 bits per heavy atom. The summed E-state index contributed by atoms with van der Waals surface area (Å²) >= 11 is 0. The summed E-state index contributed by atoms with van der Waals surface area (Å²) in [6.07, 6.45) is 0.852. The van der Waals surface area contributed by atoms with Crippen LogP contribution in [0.5, 0.6) is 5.75 Å². The lowest BCUT2D eigenvalue weighted by atomic mass is 10.1. The summed E-state index contributed by atoms with van der Waals surface area (Å²) in [6.45, 7) is 3.00. The first-order chi connectivity index (χ1) is 12.7. The molecule has 0 unspecified atom stereocenters. The first-order valence-corrected chi connectivity index (χ1v) is 8.91. The largest absolute Gasteiger partial charge is 0.497 e. The fourth-order valence-corrected chi connectivity index (χ4v) is 3.43. The van der Waals surface area contributed by atoms with E-state index in [1.54, 1.807) is 7.11 Å². The molecule has 4 rings (SSSR count). The lowest BCUT2D eigenvalue weighted by molar-refractivity contribution is -0.669. The second kappa shape index (κ2) is 7.04.